The zero-order valence-electron chi connectivity index (χ0n) is 9.32. The molecule has 1 N–H and O–H groups in total. The van der Waals surface area contributed by atoms with Crippen molar-refractivity contribution >= 4 is 5.84 Å². The fourth-order valence-corrected chi connectivity index (χ4v) is 1.67. The minimum Gasteiger partial charge on any atom is -0.496 e. The molecular formula is C12H13N3O. The lowest BCUT2D eigenvalue weighted by atomic mass is 10.1. The van der Waals surface area contributed by atoms with E-state index < -0.39 is 0 Å². The van der Waals surface area contributed by atoms with Crippen molar-refractivity contribution in [2.45, 2.75) is 13.0 Å². The van der Waals surface area contributed by atoms with Crippen molar-refractivity contribution in [3.63, 3.8) is 0 Å². The van der Waals surface area contributed by atoms with Crippen molar-refractivity contribution in [3.8, 4) is 11.8 Å². The molecule has 0 aliphatic carbocycles. The van der Waals surface area contributed by atoms with Crippen LogP contribution < -0.4 is 10.1 Å². The molecule has 4 heteroatoms. The van der Waals surface area contributed by atoms with Crippen LogP contribution in [0.4, 0.5) is 0 Å². The second kappa shape index (κ2) is 4.23. The summed E-state index contributed by atoms with van der Waals surface area (Å²) in [4.78, 5) is 4.39. The summed E-state index contributed by atoms with van der Waals surface area (Å²) in [6.45, 7) is 2.85. The third-order valence-corrected chi connectivity index (χ3v) is 2.49. The van der Waals surface area contributed by atoms with Gasteiger partial charge >= 0.3 is 0 Å². The van der Waals surface area contributed by atoms with Crippen LogP contribution >= 0.6 is 0 Å². The molecule has 0 fully saturated rings. The van der Waals surface area contributed by atoms with Crippen molar-refractivity contribution in [3.05, 3.63) is 29.3 Å². The lowest BCUT2D eigenvalue weighted by Gasteiger charge is -2.10. The van der Waals surface area contributed by atoms with Crippen LogP contribution in [-0.2, 0) is 0 Å². The standard InChI is InChI=1S/C12H13N3O/c1-8-7-14-12(15-8)10-4-3-9(6-13)5-11(10)16-2/h3-5,8H,7H2,1-2H3,(H,14,15). The third kappa shape index (κ3) is 1.84. The van der Waals surface area contributed by atoms with Crippen LogP contribution in [-0.4, -0.2) is 25.5 Å². The fourth-order valence-electron chi connectivity index (χ4n) is 1.67. The molecule has 0 saturated carbocycles. The van der Waals surface area contributed by atoms with E-state index in [0.717, 1.165) is 17.9 Å². The smallest absolute Gasteiger partial charge is 0.132 e. The van der Waals surface area contributed by atoms with Crippen molar-refractivity contribution < 1.29 is 4.74 Å². The summed E-state index contributed by atoms with van der Waals surface area (Å²) in [6, 6.07) is 7.80. The SMILES string of the molecule is COc1cc(C#N)ccc1C1=NCC(C)N1. The highest BCUT2D eigenvalue weighted by Crippen LogP contribution is 2.21. The molecular weight excluding hydrogens is 202 g/mol. The van der Waals surface area contributed by atoms with Crippen LogP contribution in [0, 0.1) is 11.3 Å². The highest BCUT2D eigenvalue weighted by atomic mass is 16.5. The molecule has 1 aromatic carbocycles. The molecule has 1 unspecified atom stereocenters. The van der Waals surface area contributed by atoms with Crippen molar-refractivity contribution in [1.29, 1.82) is 5.26 Å². The molecule has 1 atom stereocenters. The van der Waals surface area contributed by atoms with E-state index in [0.29, 0.717) is 17.4 Å². The van der Waals surface area contributed by atoms with Gasteiger partial charge in [-0.3, -0.25) is 4.99 Å². The maximum Gasteiger partial charge on any atom is 0.132 e. The first-order valence-corrected chi connectivity index (χ1v) is 5.14. The number of rotatable bonds is 2. The number of benzene rings is 1. The molecule has 16 heavy (non-hydrogen) atoms. The number of nitriles is 1. The number of amidine groups is 1. The second-order valence-electron chi connectivity index (χ2n) is 3.76. The highest BCUT2D eigenvalue weighted by Gasteiger charge is 2.17. The minimum absolute atomic E-state index is 0.357. The van der Waals surface area contributed by atoms with Gasteiger partial charge in [0.15, 0.2) is 0 Å². The van der Waals surface area contributed by atoms with E-state index in [1.54, 1.807) is 19.2 Å². The Morgan fingerprint density at radius 3 is 2.94 bits per heavy atom. The summed E-state index contributed by atoms with van der Waals surface area (Å²) in [6.07, 6.45) is 0. The van der Waals surface area contributed by atoms with Crippen LogP contribution in [0.3, 0.4) is 0 Å². The molecule has 0 radical (unpaired) electrons. The Kier molecular flexibility index (Phi) is 2.78. The summed E-state index contributed by atoms with van der Waals surface area (Å²) in [7, 11) is 1.60. The molecule has 1 heterocycles. The molecule has 1 aliphatic heterocycles. The Morgan fingerprint density at radius 2 is 2.38 bits per heavy atom. The topological polar surface area (TPSA) is 57.4 Å². The fraction of sp³-hybridized carbons (Fsp3) is 0.333. The Bertz CT molecular complexity index is 474. The first-order valence-electron chi connectivity index (χ1n) is 5.14. The maximum atomic E-state index is 8.80. The zero-order chi connectivity index (χ0) is 11.5. The van der Waals surface area contributed by atoms with E-state index in [1.165, 1.54) is 0 Å². The number of hydrogen-bond acceptors (Lipinski definition) is 4. The molecule has 2 rings (SSSR count). The van der Waals surface area contributed by atoms with Crippen LogP contribution in [0.5, 0.6) is 5.75 Å². The van der Waals surface area contributed by atoms with E-state index in [2.05, 4.69) is 23.3 Å². The minimum atomic E-state index is 0.357. The van der Waals surface area contributed by atoms with Gasteiger partial charge < -0.3 is 10.1 Å². The Labute approximate surface area is 94.6 Å². The predicted molar refractivity (Wildman–Crippen MR) is 61.7 cm³/mol. The normalized spacial score (nSPS) is 18.6. The number of hydrogen-bond donors (Lipinski definition) is 1. The Hall–Kier alpha value is -2.02. The van der Waals surface area contributed by atoms with E-state index in [1.807, 2.05) is 6.07 Å². The molecule has 0 spiro atoms. The molecule has 4 nitrogen and oxygen atoms in total. The maximum absolute atomic E-state index is 8.80. The largest absolute Gasteiger partial charge is 0.496 e. The molecule has 0 amide bonds. The van der Waals surface area contributed by atoms with Gasteiger partial charge in [0.2, 0.25) is 0 Å². The van der Waals surface area contributed by atoms with Gasteiger partial charge in [-0.1, -0.05) is 0 Å². The summed E-state index contributed by atoms with van der Waals surface area (Å²) in [5.41, 5.74) is 1.50. The number of methoxy groups -OCH3 is 1. The van der Waals surface area contributed by atoms with Crippen LogP contribution in [0.2, 0.25) is 0 Å². The number of nitrogens with zero attached hydrogens (tertiary/aromatic N) is 2. The van der Waals surface area contributed by atoms with Gasteiger partial charge in [0.25, 0.3) is 0 Å². The van der Waals surface area contributed by atoms with Crippen molar-refractivity contribution in [1.82, 2.24) is 5.32 Å². The van der Waals surface area contributed by atoms with E-state index in [-0.39, 0.29) is 0 Å². The first kappa shape index (κ1) is 10.5. The lowest BCUT2D eigenvalue weighted by molar-refractivity contribution is 0.413. The van der Waals surface area contributed by atoms with Crippen LogP contribution in [0.25, 0.3) is 0 Å². The first-order chi connectivity index (χ1) is 7.74. The van der Waals surface area contributed by atoms with E-state index in [9.17, 15) is 0 Å². The third-order valence-electron chi connectivity index (χ3n) is 2.49. The molecule has 82 valence electrons. The van der Waals surface area contributed by atoms with Crippen molar-refractivity contribution in [2.75, 3.05) is 13.7 Å². The number of ether oxygens (including phenoxy) is 1. The molecule has 0 saturated heterocycles. The second-order valence-corrected chi connectivity index (χ2v) is 3.76. The van der Waals surface area contributed by atoms with E-state index in [4.69, 9.17) is 10.00 Å². The van der Waals surface area contributed by atoms with Crippen LogP contribution in [0.1, 0.15) is 18.1 Å². The van der Waals surface area contributed by atoms with Gasteiger partial charge in [-0.15, -0.1) is 0 Å². The highest BCUT2D eigenvalue weighted by molar-refractivity contribution is 6.02. The van der Waals surface area contributed by atoms with Gasteiger partial charge in [-0.05, 0) is 25.1 Å². The quantitative estimate of drug-likeness (QED) is 0.809. The zero-order valence-corrected chi connectivity index (χ0v) is 9.32. The Morgan fingerprint density at radius 1 is 1.56 bits per heavy atom. The van der Waals surface area contributed by atoms with Gasteiger partial charge in [0.05, 0.1) is 30.9 Å². The summed E-state index contributed by atoms with van der Waals surface area (Å²) < 4.78 is 5.26. The predicted octanol–water partition coefficient (Wildman–Crippen LogP) is 1.31. The molecule has 1 aromatic rings. The molecule has 0 aromatic heterocycles. The summed E-state index contributed by atoms with van der Waals surface area (Å²) in [5.74, 6) is 1.52. The average Bonchev–Trinajstić information content (AvgIpc) is 2.74. The van der Waals surface area contributed by atoms with Crippen LogP contribution in [0.15, 0.2) is 23.2 Å². The Balaban J connectivity index is 2.38. The lowest BCUT2D eigenvalue weighted by Crippen LogP contribution is -2.28. The summed E-state index contributed by atoms with van der Waals surface area (Å²) >= 11 is 0. The van der Waals surface area contributed by atoms with Gasteiger partial charge in [-0.2, -0.15) is 5.26 Å². The van der Waals surface area contributed by atoms with Crippen molar-refractivity contribution in [2.24, 2.45) is 4.99 Å². The molecule has 0 bridgehead atoms. The average molecular weight is 215 g/mol. The number of nitrogens with one attached hydrogen (secondary N) is 1. The monoisotopic (exact) mass is 215 g/mol. The van der Waals surface area contributed by atoms with Gasteiger partial charge in [0.1, 0.15) is 11.6 Å². The van der Waals surface area contributed by atoms with Gasteiger partial charge in [-0.25, -0.2) is 0 Å². The molecule has 1 aliphatic rings. The number of aliphatic imine (C=N–C) groups is 1. The van der Waals surface area contributed by atoms with Gasteiger partial charge in [0, 0.05) is 6.04 Å². The van der Waals surface area contributed by atoms with E-state index >= 15 is 0 Å². The summed E-state index contributed by atoms with van der Waals surface area (Å²) in [5, 5.41) is 12.1.